The number of hydrogen-bond donors (Lipinski definition) is 1. The number of likely N-dealkylation sites (tertiary alicyclic amines) is 1. The first-order chi connectivity index (χ1) is 18.5. The monoisotopic (exact) mass is 554 g/mol. The summed E-state index contributed by atoms with van der Waals surface area (Å²) >= 11 is 0. The summed E-state index contributed by atoms with van der Waals surface area (Å²) in [4.78, 5) is 26.8. The molecule has 10 heteroatoms. The van der Waals surface area contributed by atoms with Gasteiger partial charge in [-0.05, 0) is 69.0 Å². The number of benzene rings is 2. The number of esters is 2. The molecule has 2 fully saturated rings. The summed E-state index contributed by atoms with van der Waals surface area (Å²) < 4.78 is 48.5. The predicted molar refractivity (Wildman–Crippen MR) is 143 cm³/mol. The summed E-state index contributed by atoms with van der Waals surface area (Å²) in [6, 6.07) is 10.5. The van der Waals surface area contributed by atoms with Crippen LogP contribution in [0.2, 0.25) is 0 Å². The number of rotatable bonds is 6. The molecule has 0 aromatic heterocycles. The molecule has 4 aliphatic rings. The van der Waals surface area contributed by atoms with Gasteiger partial charge in [-0.1, -0.05) is 30.3 Å². The highest BCUT2D eigenvalue weighted by Crippen LogP contribution is 2.66. The quantitative estimate of drug-likeness (QED) is 0.429. The first-order valence-electron chi connectivity index (χ1n) is 13.4. The Hall–Kier alpha value is -2.95. The van der Waals surface area contributed by atoms with Crippen LogP contribution in [0.3, 0.4) is 0 Å². The molecule has 2 bridgehead atoms. The van der Waals surface area contributed by atoms with E-state index in [4.69, 9.17) is 14.2 Å². The third kappa shape index (κ3) is 3.90. The van der Waals surface area contributed by atoms with Crippen molar-refractivity contribution in [2.45, 2.75) is 81.4 Å². The zero-order valence-electron chi connectivity index (χ0n) is 22.7. The van der Waals surface area contributed by atoms with E-state index in [2.05, 4.69) is 9.62 Å². The SMILES string of the molecule is CC(=O)Oc1ccc2c3c1O[C@H]1[C@H](NS(=O)(=O)Cc4ccccc4C)CC[C@@]4(OC(C)=O)[C@@H](C2)N(C)CC[C@]314. The number of carbonyl (C=O) groups excluding carboxylic acids is 2. The molecule has 1 N–H and O–H groups in total. The van der Waals surface area contributed by atoms with Crippen LogP contribution >= 0.6 is 0 Å². The maximum atomic E-state index is 13.5. The van der Waals surface area contributed by atoms with Crippen LogP contribution in [0.25, 0.3) is 0 Å². The Morgan fingerprint density at radius 2 is 1.90 bits per heavy atom. The van der Waals surface area contributed by atoms with Crippen molar-refractivity contribution in [1.82, 2.24) is 9.62 Å². The van der Waals surface area contributed by atoms with Gasteiger partial charge in [0.25, 0.3) is 0 Å². The molecule has 0 radical (unpaired) electrons. The molecular formula is C29H34N2O7S. The standard InChI is InChI=1S/C29H34N2O7S/c1-17-7-5-6-8-21(17)16-39(34,35)30-22-11-12-29(38-19(3)33)24-15-20-9-10-23(36-18(2)32)26-25(20)28(29,27(22)37-26)13-14-31(24)4/h5-10,22,24,27,30H,11-16H2,1-4H3/t22-,24-,27+,28+,29-/m1/s1. The average molecular weight is 555 g/mol. The molecule has 208 valence electrons. The van der Waals surface area contributed by atoms with Crippen LogP contribution in [0, 0.1) is 6.92 Å². The van der Waals surface area contributed by atoms with Gasteiger partial charge in [-0.2, -0.15) is 0 Å². The Morgan fingerprint density at radius 3 is 2.62 bits per heavy atom. The minimum Gasteiger partial charge on any atom is -0.483 e. The summed E-state index contributed by atoms with van der Waals surface area (Å²) in [5.74, 6) is -0.230. The van der Waals surface area contributed by atoms with Gasteiger partial charge in [0.15, 0.2) is 11.5 Å². The molecule has 39 heavy (non-hydrogen) atoms. The van der Waals surface area contributed by atoms with E-state index in [1.54, 1.807) is 6.07 Å². The van der Waals surface area contributed by atoms with Crippen molar-refractivity contribution < 1.29 is 32.2 Å². The molecule has 2 aromatic carbocycles. The molecule has 9 nitrogen and oxygen atoms in total. The van der Waals surface area contributed by atoms with E-state index in [0.717, 1.165) is 28.8 Å². The summed E-state index contributed by atoms with van der Waals surface area (Å²) in [5, 5.41) is 0. The Labute approximate surface area is 228 Å². The molecule has 2 aromatic rings. The highest BCUT2D eigenvalue weighted by atomic mass is 32.2. The minimum absolute atomic E-state index is 0.0937. The zero-order chi connectivity index (χ0) is 27.7. The number of sulfonamides is 1. The van der Waals surface area contributed by atoms with Gasteiger partial charge in [0, 0.05) is 19.4 Å². The van der Waals surface area contributed by atoms with E-state index in [1.165, 1.54) is 13.8 Å². The molecule has 2 aliphatic carbocycles. The van der Waals surface area contributed by atoms with Crippen LogP contribution in [0.4, 0.5) is 0 Å². The van der Waals surface area contributed by atoms with Crippen LogP contribution in [0.1, 0.15) is 55.4 Å². The maximum Gasteiger partial charge on any atom is 0.308 e. The summed E-state index contributed by atoms with van der Waals surface area (Å²) in [6.07, 6.45) is 1.53. The number of nitrogens with one attached hydrogen (secondary N) is 1. The van der Waals surface area contributed by atoms with Crippen LogP contribution in [0.5, 0.6) is 11.5 Å². The highest BCUT2D eigenvalue weighted by Gasteiger charge is 2.75. The van der Waals surface area contributed by atoms with E-state index in [-0.39, 0.29) is 17.8 Å². The lowest BCUT2D eigenvalue weighted by Gasteiger charge is -2.64. The lowest BCUT2D eigenvalue weighted by atomic mass is 9.48. The van der Waals surface area contributed by atoms with Gasteiger partial charge >= 0.3 is 11.9 Å². The summed E-state index contributed by atoms with van der Waals surface area (Å²) in [7, 11) is -1.69. The smallest absolute Gasteiger partial charge is 0.308 e. The van der Waals surface area contributed by atoms with Gasteiger partial charge in [0.1, 0.15) is 11.7 Å². The van der Waals surface area contributed by atoms with Gasteiger partial charge in [0.2, 0.25) is 10.0 Å². The lowest BCUT2D eigenvalue weighted by molar-refractivity contribution is -0.215. The molecule has 2 aliphatic heterocycles. The van der Waals surface area contributed by atoms with E-state index in [1.807, 2.05) is 44.3 Å². The number of carbonyl (C=O) groups is 2. The minimum atomic E-state index is -3.74. The van der Waals surface area contributed by atoms with Crippen LogP contribution in [0.15, 0.2) is 36.4 Å². The van der Waals surface area contributed by atoms with Gasteiger partial charge in [-0.3, -0.25) is 14.5 Å². The van der Waals surface area contributed by atoms with E-state index in [9.17, 15) is 18.0 Å². The number of hydrogen-bond acceptors (Lipinski definition) is 8. The fourth-order valence-corrected chi connectivity index (χ4v) is 9.30. The third-order valence-electron chi connectivity index (χ3n) is 9.19. The Bertz CT molecular complexity index is 1470. The number of likely N-dealkylation sites (N-methyl/N-ethyl adjacent to an activating group) is 1. The van der Waals surface area contributed by atoms with Crippen LogP contribution < -0.4 is 14.2 Å². The Morgan fingerprint density at radius 1 is 1.13 bits per heavy atom. The largest absolute Gasteiger partial charge is 0.483 e. The first kappa shape index (κ1) is 26.3. The normalized spacial score (nSPS) is 30.7. The number of ether oxygens (including phenoxy) is 3. The second kappa shape index (κ2) is 9.04. The molecule has 5 atom stereocenters. The van der Waals surface area contributed by atoms with Crippen molar-refractivity contribution in [3.63, 3.8) is 0 Å². The molecule has 6 rings (SSSR count). The van der Waals surface area contributed by atoms with Crippen LogP contribution in [-0.4, -0.2) is 62.6 Å². The van der Waals surface area contributed by atoms with Crippen molar-refractivity contribution in [2.75, 3.05) is 13.6 Å². The van der Waals surface area contributed by atoms with Crippen molar-refractivity contribution >= 4 is 22.0 Å². The number of nitrogens with zero attached hydrogens (tertiary/aromatic N) is 1. The average Bonchev–Trinajstić information content (AvgIpc) is 3.21. The summed E-state index contributed by atoms with van der Waals surface area (Å²) in [6.45, 7) is 5.39. The van der Waals surface area contributed by atoms with Crippen molar-refractivity contribution in [2.24, 2.45) is 0 Å². The van der Waals surface area contributed by atoms with Gasteiger partial charge in [-0.25, -0.2) is 13.1 Å². The number of piperidine rings is 1. The third-order valence-corrected chi connectivity index (χ3v) is 10.5. The summed E-state index contributed by atoms with van der Waals surface area (Å²) in [5.41, 5.74) is 1.89. The topological polar surface area (TPSA) is 111 Å². The Balaban J connectivity index is 1.47. The van der Waals surface area contributed by atoms with Crippen molar-refractivity contribution in [3.05, 3.63) is 58.7 Å². The predicted octanol–water partition coefficient (Wildman–Crippen LogP) is 2.76. The van der Waals surface area contributed by atoms with Gasteiger partial charge in [-0.15, -0.1) is 0 Å². The molecule has 1 saturated heterocycles. The fraction of sp³-hybridized carbons (Fsp3) is 0.517. The second-order valence-electron chi connectivity index (χ2n) is 11.4. The lowest BCUT2D eigenvalue weighted by Crippen LogP contribution is -2.78. The van der Waals surface area contributed by atoms with Gasteiger partial charge in [0.05, 0.1) is 23.3 Å². The van der Waals surface area contributed by atoms with Crippen molar-refractivity contribution in [3.8, 4) is 11.5 Å². The Kier molecular flexibility index (Phi) is 6.09. The molecule has 0 amide bonds. The van der Waals surface area contributed by atoms with Crippen molar-refractivity contribution in [1.29, 1.82) is 0 Å². The fourth-order valence-electron chi connectivity index (χ4n) is 7.78. The molecule has 0 unspecified atom stereocenters. The van der Waals surface area contributed by atoms with E-state index >= 15 is 0 Å². The van der Waals surface area contributed by atoms with E-state index in [0.29, 0.717) is 37.2 Å². The second-order valence-corrected chi connectivity index (χ2v) is 13.2. The van der Waals surface area contributed by atoms with Crippen LogP contribution in [-0.2, 0) is 41.9 Å². The molecular weight excluding hydrogens is 520 g/mol. The number of aryl methyl sites for hydroxylation is 1. The molecule has 1 saturated carbocycles. The zero-order valence-corrected chi connectivity index (χ0v) is 23.5. The van der Waals surface area contributed by atoms with E-state index < -0.39 is 39.2 Å². The first-order valence-corrected chi connectivity index (χ1v) is 15.1. The van der Waals surface area contributed by atoms with Gasteiger partial charge < -0.3 is 14.2 Å². The highest BCUT2D eigenvalue weighted by molar-refractivity contribution is 7.88. The maximum absolute atomic E-state index is 13.5. The molecule has 2 heterocycles. The molecule has 1 spiro atoms.